The van der Waals surface area contributed by atoms with Gasteiger partial charge in [-0.05, 0) is 44.4 Å². The zero-order chi connectivity index (χ0) is 18.2. The number of benzene rings is 1. The molecule has 1 aromatic carbocycles. The summed E-state index contributed by atoms with van der Waals surface area (Å²) in [5, 5.41) is 0. The first-order valence-electron chi connectivity index (χ1n) is 9.06. The van der Waals surface area contributed by atoms with E-state index in [0.717, 1.165) is 43.0 Å². The number of carbonyl (C=O) groups is 1. The number of aromatic nitrogens is 2. The molecular weight excluding hydrogens is 312 g/mol. The molecule has 0 saturated heterocycles. The summed E-state index contributed by atoms with van der Waals surface area (Å²) in [6.07, 6.45) is 3.57. The Hall–Kier alpha value is -2.43. The van der Waals surface area contributed by atoms with Crippen LogP contribution >= 0.6 is 0 Å². The van der Waals surface area contributed by atoms with Crippen molar-refractivity contribution >= 4 is 17.4 Å². The van der Waals surface area contributed by atoms with Gasteiger partial charge in [-0.1, -0.05) is 26.0 Å². The minimum absolute atomic E-state index is 0.0929. The van der Waals surface area contributed by atoms with E-state index in [2.05, 4.69) is 28.7 Å². The molecule has 2 rings (SSSR count). The normalized spacial score (nSPS) is 10.6. The van der Waals surface area contributed by atoms with E-state index in [4.69, 9.17) is 0 Å². The molecule has 0 spiro atoms. The van der Waals surface area contributed by atoms with Gasteiger partial charge in [0.1, 0.15) is 17.8 Å². The monoisotopic (exact) mass is 340 g/mol. The lowest BCUT2D eigenvalue weighted by Gasteiger charge is -2.24. The Morgan fingerprint density at radius 1 is 1.04 bits per heavy atom. The van der Waals surface area contributed by atoms with E-state index in [-0.39, 0.29) is 5.91 Å². The van der Waals surface area contributed by atoms with Gasteiger partial charge < -0.3 is 9.80 Å². The zero-order valence-electron chi connectivity index (χ0n) is 15.7. The maximum absolute atomic E-state index is 13.0. The molecule has 0 aliphatic rings. The van der Waals surface area contributed by atoms with Crippen molar-refractivity contribution in [3.8, 4) is 0 Å². The van der Waals surface area contributed by atoms with Crippen LogP contribution in [0.3, 0.4) is 0 Å². The van der Waals surface area contributed by atoms with Gasteiger partial charge in [0.05, 0.1) is 0 Å². The number of carbonyl (C=O) groups excluding carboxylic acids is 1. The minimum Gasteiger partial charge on any atom is -0.357 e. The van der Waals surface area contributed by atoms with Gasteiger partial charge in [-0.15, -0.1) is 0 Å². The predicted molar refractivity (Wildman–Crippen MR) is 103 cm³/mol. The zero-order valence-corrected chi connectivity index (χ0v) is 15.7. The van der Waals surface area contributed by atoms with Crippen LogP contribution in [0.1, 0.15) is 49.7 Å². The summed E-state index contributed by atoms with van der Waals surface area (Å²) in [6.45, 7) is 10.7. The Balaban J connectivity index is 2.30. The van der Waals surface area contributed by atoms with Crippen molar-refractivity contribution in [3.05, 3.63) is 47.9 Å². The van der Waals surface area contributed by atoms with E-state index in [1.807, 2.05) is 44.2 Å². The van der Waals surface area contributed by atoms with E-state index < -0.39 is 0 Å². The molecule has 1 aromatic heterocycles. The van der Waals surface area contributed by atoms with Crippen LogP contribution in [0.2, 0.25) is 0 Å². The van der Waals surface area contributed by atoms with Crippen molar-refractivity contribution in [3.63, 3.8) is 0 Å². The average molecular weight is 340 g/mol. The second kappa shape index (κ2) is 9.16. The lowest BCUT2D eigenvalue weighted by Crippen LogP contribution is -2.32. The fourth-order valence-electron chi connectivity index (χ4n) is 2.90. The molecule has 5 nitrogen and oxygen atoms in total. The van der Waals surface area contributed by atoms with Crippen LogP contribution < -0.4 is 9.80 Å². The van der Waals surface area contributed by atoms with Crippen molar-refractivity contribution in [1.82, 2.24) is 9.97 Å². The smallest absolute Gasteiger partial charge is 0.277 e. The third-order valence-corrected chi connectivity index (χ3v) is 4.06. The number of hydrogen-bond acceptors (Lipinski definition) is 4. The van der Waals surface area contributed by atoms with Crippen molar-refractivity contribution in [1.29, 1.82) is 0 Å². The van der Waals surface area contributed by atoms with Crippen LogP contribution in [0.15, 0.2) is 36.7 Å². The van der Waals surface area contributed by atoms with Gasteiger partial charge in [-0.3, -0.25) is 4.79 Å². The van der Waals surface area contributed by atoms with Crippen LogP contribution in [0.25, 0.3) is 0 Å². The summed E-state index contributed by atoms with van der Waals surface area (Å²) in [5.41, 5.74) is 2.46. The highest BCUT2D eigenvalue weighted by molar-refractivity contribution is 6.05. The van der Waals surface area contributed by atoms with E-state index in [9.17, 15) is 4.79 Å². The van der Waals surface area contributed by atoms with Gasteiger partial charge in [-0.2, -0.15) is 0 Å². The summed E-state index contributed by atoms with van der Waals surface area (Å²) in [7, 11) is 0. The quantitative estimate of drug-likeness (QED) is 0.726. The lowest BCUT2D eigenvalue weighted by atomic mass is 10.2. The average Bonchev–Trinajstić information content (AvgIpc) is 2.62. The molecule has 0 saturated carbocycles. The Morgan fingerprint density at radius 3 is 2.36 bits per heavy atom. The van der Waals surface area contributed by atoms with Crippen LogP contribution in [0.4, 0.5) is 11.5 Å². The summed E-state index contributed by atoms with van der Waals surface area (Å²) >= 11 is 0. The second-order valence-electron chi connectivity index (χ2n) is 6.14. The van der Waals surface area contributed by atoms with Gasteiger partial charge in [-0.25, -0.2) is 9.97 Å². The predicted octanol–water partition coefficient (Wildman–Crippen LogP) is 4.08. The molecule has 0 aliphatic carbocycles. The maximum Gasteiger partial charge on any atom is 0.277 e. The molecule has 1 heterocycles. The number of anilines is 2. The highest BCUT2D eigenvalue weighted by Crippen LogP contribution is 2.19. The third-order valence-electron chi connectivity index (χ3n) is 4.06. The first-order valence-corrected chi connectivity index (χ1v) is 9.06. The van der Waals surface area contributed by atoms with Crippen LogP contribution in [-0.2, 0) is 0 Å². The van der Waals surface area contributed by atoms with E-state index in [1.54, 1.807) is 4.90 Å². The third kappa shape index (κ3) is 4.78. The fourth-order valence-corrected chi connectivity index (χ4v) is 2.90. The van der Waals surface area contributed by atoms with Gasteiger partial charge >= 0.3 is 0 Å². The molecule has 1 amide bonds. The Labute approximate surface area is 150 Å². The Kier molecular flexibility index (Phi) is 6.92. The molecule has 134 valence electrons. The highest BCUT2D eigenvalue weighted by Gasteiger charge is 2.19. The summed E-state index contributed by atoms with van der Waals surface area (Å²) in [5.74, 6) is 0.729. The van der Waals surface area contributed by atoms with Crippen molar-refractivity contribution in [2.24, 2.45) is 0 Å². The number of aryl methyl sites for hydroxylation is 1. The first-order chi connectivity index (χ1) is 12.1. The van der Waals surface area contributed by atoms with Crippen LogP contribution in [-0.4, -0.2) is 35.5 Å². The second-order valence-corrected chi connectivity index (χ2v) is 6.14. The molecular formula is C20H28N4O. The molecule has 0 aliphatic heterocycles. The Bertz CT molecular complexity index is 696. The summed E-state index contributed by atoms with van der Waals surface area (Å²) in [6, 6.07) is 9.78. The molecule has 0 N–H and O–H groups in total. The number of nitrogens with zero attached hydrogens (tertiary/aromatic N) is 4. The standard InChI is InChI=1S/C20H28N4O/c1-5-11-23(12-6-2)19-14-18(21-15-22-19)20(25)24(7-3)17-10-8-9-16(4)13-17/h8-10,13-15H,5-7,11-12H2,1-4H3. The van der Waals surface area contributed by atoms with Crippen LogP contribution in [0, 0.1) is 6.92 Å². The summed E-state index contributed by atoms with van der Waals surface area (Å²) < 4.78 is 0. The molecule has 0 atom stereocenters. The fraction of sp³-hybridized carbons (Fsp3) is 0.450. The SMILES string of the molecule is CCCN(CCC)c1cc(C(=O)N(CC)c2cccc(C)c2)ncn1. The molecule has 0 unspecified atom stereocenters. The first kappa shape index (κ1) is 18.9. The van der Waals surface area contributed by atoms with Gasteiger partial charge in [0, 0.05) is 31.4 Å². The molecule has 0 radical (unpaired) electrons. The van der Waals surface area contributed by atoms with Crippen molar-refractivity contribution < 1.29 is 4.79 Å². The number of amides is 1. The number of hydrogen-bond donors (Lipinski definition) is 0. The number of rotatable bonds is 8. The van der Waals surface area contributed by atoms with Gasteiger partial charge in [0.25, 0.3) is 5.91 Å². The van der Waals surface area contributed by atoms with E-state index in [0.29, 0.717) is 12.2 Å². The topological polar surface area (TPSA) is 49.3 Å². The van der Waals surface area contributed by atoms with Crippen molar-refractivity contribution in [2.45, 2.75) is 40.5 Å². The van der Waals surface area contributed by atoms with E-state index in [1.165, 1.54) is 6.33 Å². The molecule has 5 heteroatoms. The van der Waals surface area contributed by atoms with Gasteiger partial charge in [0.15, 0.2) is 0 Å². The highest BCUT2D eigenvalue weighted by atomic mass is 16.2. The molecule has 25 heavy (non-hydrogen) atoms. The molecule has 2 aromatic rings. The van der Waals surface area contributed by atoms with E-state index >= 15 is 0 Å². The van der Waals surface area contributed by atoms with Gasteiger partial charge in [0.2, 0.25) is 0 Å². The lowest BCUT2D eigenvalue weighted by molar-refractivity contribution is 0.0983. The molecule has 0 fully saturated rings. The maximum atomic E-state index is 13.0. The minimum atomic E-state index is -0.0929. The van der Waals surface area contributed by atoms with Crippen molar-refractivity contribution in [2.75, 3.05) is 29.4 Å². The van der Waals surface area contributed by atoms with Crippen LogP contribution in [0.5, 0.6) is 0 Å². The molecule has 0 bridgehead atoms. The largest absolute Gasteiger partial charge is 0.357 e. The summed E-state index contributed by atoms with van der Waals surface area (Å²) in [4.78, 5) is 25.6. The Morgan fingerprint density at radius 2 is 1.76 bits per heavy atom.